The van der Waals surface area contributed by atoms with Crippen LogP contribution in [0.15, 0.2) is 34.7 Å². The van der Waals surface area contributed by atoms with E-state index in [0.29, 0.717) is 40.3 Å². The van der Waals surface area contributed by atoms with Gasteiger partial charge < -0.3 is 9.47 Å². The maximum Gasteiger partial charge on any atom is 0.216 e. The monoisotopic (exact) mass is 408 g/mol. The Bertz CT molecular complexity index is 964. The van der Waals surface area contributed by atoms with E-state index in [2.05, 4.69) is 15.3 Å². The summed E-state index contributed by atoms with van der Waals surface area (Å²) in [5, 5.41) is 13.9. The first-order valence-electron chi connectivity index (χ1n) is 7.98. The van der Waals surface area contributed by atoms with E-state index in [0.717, 1.165) is 10.4 Å². The van der Waals surface area contributed by atoms with Crippen LogP contribution in [-0.4, -0.2) is 34.3 Å². The fraction of sp³-hybridized carbons (Fsp3) is 0.235. The standard InChI is InChI=1S/C17H17ClN4O2S2/c1-3-23-13-9-11(8-12(18)15(13)24-4-2)10-19-22-16(20-21-17(22)25)14-6-5-7-26-14/h5-10H,3-4H2,1-2H3,(H,21,25)/b19-10-. The molecule has 0 aliphatic rings. The number of halogens is 1. The van der Waals surface area contributed by atoms with Gasteiger partial charge in [0.15, 0.2) is 17.3 Å². The number of H-pyrrole nitrogens is 1. The van der Waals surface area contributed by atoms with E-state index in [1.807, 2.05) is 37.4 Å². The minimum Gasteiger partial charge on any atom is -0.490 e. The number of ether oxygens (including phenoxy) is 2. The molecule has 0 aliphatic heterocycles. The van der Waals surface area contributed by atoms with Gasteiger partial charge in [0.25, 0.3) is 0 Å². The molecule has 9 heteroatoms. The third-order valence-electron chi connectivity index (χ3n) is 3.33. The van der Waals surface area contributed by atoms with Gasteiger partial charge in [0.2, 0.25) is 4.77 Å². The highest BCUT2D eigenvalue weighted by Crippen LogP contribution is 2.36. The van der Waals surface area contributed by atoms with E-state index in [9.17, 15) is 0 Å². The number of aromatic amines is 1. The maximum absolute atomic E-state index is 6.34. The van der Waals surface area contributed by atoms with Gasteiger partial charge in [-0.3, -0.25) is 0 Å². The smallest absolute Gasteiger partial charge is 0.216 e. The zero-order valence-corrected chi connectivity index (χ0v) is 16.6. The van der Waals surface area contributed by atoms with Crippen LogP contribution in [0.5, 0.6) is 11.5 Å². The molecule has 1 aromatic carbocycles. The zero-order chi connectivity index (χ0) is 18.5. The van der Waals surface area contributed by atoms with Crippen molar-refractivity contribution in [2.24, 2.45) is 5.10 Å². The average molecular weight is 409 g/mol. The number of hydrogen-bond acceptors (Lipinski definition) is 6. The van der Waals surface area contributed by atoms with Crippen molar-refractivity contribution in [3.63, 3.8) is 0 Å². The van der Waals surface area contributed by atoms with E-state index in [4.69, 9.17) is 33.3 Å². The number of nitrogens with one attached hydrogen (secondary N) is 1. The third-order valence-corrected chi connectivity index (χ3v) is 4.75. The van der Waals surface area contributed by atoms with Gasteiger partial charge in [-0.2, -0.15) is 14.9 Å². The van der Waals surface area contributed by atoms with E-state index >= 15 is 0 Å². The minimum absolute atomic E-state index is 0.409. The molecule has 0 amide bonds. The number of nitrogens with zero attached hydrogens (tertiary/aromatic N) is 3. The Kier molecular flexibility index (Phi) is 6.08. The molecule has 0 bridgehead atoms. The van der Waals surface area contributed by atoms with Crippen LogP contribution in [0.25, 0.3) is 10.7 Å². The van der Waals surface area contributed by atoms with Gasteiger partial charge in [0.1, 0.15) is 0 Å². The lowest BCUT2D eigenvalue weighted by Gasteiger charge is -2.13. The third kappa shape index (κ3) is 3.98. The highest BCUT2D eigenvalue weighted by Gasteiger charge is 2.12. The van der Waals surface area contributed by atoms with Crippen LogP contribution in [0.2, 0.25) is 5.02 Å². The summed E-state index contributed by atoms with van der Waals surface area (Å²) < 4.78 is 13.2. The summed E-state index contributed by atoms with van der Waals surface area (Å²) in [4.78, 5) is 0.967. The van der Waals surface area contributed by atoms with Crippen molar-refractivity contribution in [2.75, 3.05) is 13.2 Å². The second-order valence-electron chi connectivity index (χ2n) is 5.08. The van der Waals surface area contributed by atoms with Crippen molar-refractivity contribution in [1.82, 2.24) is 14.9 Å². The summed E-state index contributed by atoms with van der Waals surface area (Å²) in [7, 11) is 0. The second-order valence-corrected chi connectivity index (χ2v) is 6.82. The molecule has 0 aliphatic carbocycles. The molecule has 0 radical (unpaired) electrons. The second kappa shape index (κ2) is 8.48. The molecule has 2 heterocycles. The molecule has 136 valence electrons. The Morgan fingerprint density at radius 1 is 1.35 bits per heavy atom. The van der Waals surface area contributed by atoms with Crippen LogP contribution in [0, 0.1) is 4.77 Å². The highest BCUT2D eigenvalue weighted by molar-refractivity contribution is 7.71. The molecule has 0 atom stereocenters. The van der Waals surface area contributed by atoms with Gasteiger partial charge in [-0.1, -0.05) is 17.7 Å². The van der Waals surface area contributed by atoms with Crippen LogP contribution in [0.1, 0.15) is 19.4 Å². The zero-order valence-electron chi connectivity index (χ0n) is 14.2. The summed E-state index contributed by atoms with van der Waals surface area (Å²) >= 11 is 13.2. The maximum atomic E-state index is 6.34. The van der Waals surface area contributed by atoms with Crippen LogP contribution in [0.3, 0.4) is 0 Å². The average Bonchev–Trinajstić information content (AvgIpc) is 3.26. The van der Waals surface area contributed by atoms with Gasteiger partial charge in [-0.05, 0) is 55.2 Å². The van der Waals surface area contributed by atoms with E-state index < -0.39 is 0 Å². The Hall–Kier alpha value is -2.16. The van der Waals surface area contributed by atoms with Crippen LogP contribution in [0.4, 0.5) is 0 Å². The molecular weight excluding hydrogens is 392 g/mol. The first-order valence-corrected chi connectivity index (χ1v) is 9.65. The van der Waals surface area contributed by atoms with Crippen molar-refractivity contribution in [2.45, 2.75) is 13.8 Å². The lowest BCUT2D eigenvalue weighted by molar-refractivity contribution is 0.288. The molecule has 1 N–H and O–H groups in total. The summed E-state index contributed by atoms with van der Waals surface area (Å²) in [5.41, 5.74) is 0.766. The number of aromatic nitrogens is 3. The molecule has 6 nitrogen and oxygen atoms in total. The summed E-state index contributed by atoms with van der Waals surface area (Å²) in [5.74, 6) is 1.77. The molecule has 3 aromatic rings. The largest absolute Gasteiger partial charge is 0.490 e. The van der Waals surface area contributed by atoms with Gasteiger partial charge in [0.05, 0.1) is 29.3 Å². The molecular formula is C17H17ClN4O2S2. The van der Waals surface area contributed by atoms with E-state index in [1.165, 1.54) is 0 Å². The molecule has 0 spiro atoms. The van der Waals surface area contributed by atoms with Crippen molar-refractivity contribution in [1.29, 1.82) is 0 Å². The number of rotatable bonds is 7. The Balaban J connectivity index is 1.97. The first kappa shape index (κ1) is 18.6. The molecule has 2 aromatic heterocycles. The van der Waals surface area contributed by atoms with Gasteiger partial charge >= 0.3 is 0 Å². The topological polar surface area (TPSA) is 64.4 Å². The van der Waals surface area contributed by atoms with Gasteiger partial charge in [0, 0.05) is 0 Å². The minimum atomic E-state index is 0.409. The molecule has 0 saturated heterocycles. The summed E-state index contributed by atoms with van der Waals surface area (Å²) in [6.07, 6.45) is 1.66. The van der Waals surface area contributed by atoms with E-state index in [-0.39, 0.29) is 0 Å². The SMILES string of the molecule is CCOc1cc(/C=N\n2c(-c3cccs3)n[nH]c2=S)cc(Cl)c1OCC. The van der Waals surface area contributed by atoms with Gasteiger partial charge in [-0.15, -0.1) is 11.3 Å². The number of hydrogen-bond donors (Lipinski definition) is 1. The Morgan fingerprint density at radius 3 is 2.85 bits per heavy atom. The summed E-state index contributed by atoms with van der Waals surface area (Å²) in [6.45, 7) is 4.81. The lowest BCUT2D eigenvalue weighted by atomic mass is 10.2. The molecule has 3 rings (SSSR count). The Labute approximate surface area is 165 Å². The summed E-state index contributed by atoms with van der Waals surface area (Å²) in [6, 6.07) is 7.51. The predicted molar refractivity (Wildman–Crippen MR) is 108 cm³/mol. The first-order chi connectivity index (χ1) is 12.6. The lowest BCUT2D eigenvalue weighted by Crippen LogP contribution is -2.00. The fourth-order valence-corrected chi connectivity index (χ4v) is 3.45. The van der Waals surface area contributed by atoms with Crippen molar-refractivity contribution >= 4 is 41.4 Å². The predicted octanol–water partition coefficient (Wildman–Crippen LogP) is 5.00. The van der Waals surface area contributed by atoms with Crippen LogP contribution < -0.4 is 9.47 Å². The van der Waals surface area contributed by atoms with E-state index in [1.54, 1.807) is 28.3 Å². The number of benzene rings is 1. The van der Waals surface area contributed by atoms with Crippen molar-refractivity contribution in [3.05, 3.63) is 45.0 Å². The highest BCUT2D eigenvalue weighted by atomic mass is 35.5. The fourth-order valence-electron chi connectivity index (χ4n) is 2.30. The van der Waals surface area contributed by atoms with Crippen LogP contribution in [-0.2, 0) is 0 Å². The van der Waals surface area contributed by atoms with Gasteiger partial charge in [-0.25, -0.2) is 5.10 Å². The molecule has 0 saturated carbocycles. The molecule has 0 fully saturated rings. The Morgan fingerprint density at radius 2 is 2.15 bits per heavy atom. The number of thiophene rings is 1. The van der Waals surface area contributed by atoms with Crippen LogP contribution >= 0.6 is 35.2 Å². The molecule has 0 unspecified atom stereocenters. The normalized spacial score (nSPS) is 11.2. The molecule has 26 heavy (non-hydrogen) atoms. The quantitative estimate of drug-likeness (QED) is 0.441. The van der Waals surface area contributed by atoms with Crippen molar-refractivity contribution in [3.8, 4) is 22.2 Å². The van der Waals surface area contributed by atoms with Crippen molar-refractivity contribution < 1.29 is 9.47 Å².